The number of ether oxygens (including phenoxy) is 1. The molecule has 0 aliphatic heterocycles. The van der Waals surface area contributed by atoms with Crippen LogP contribution in [0.2, 0.25) is 0 Å². The van der Waals surface area contributed by atoms with Crippen molar-refractivity contribution in [1.82, 2.24) is 0 Å². The Balaban J connectivity index is -0.00000196. The largest absolute Gasteiger partial charge is 0.481 e. The van der Waals surface area contributed by atoms with Crippen LogP contribution >= 0.6 is 0 Å². The summed E-state index contributed by atoms with van der Waals surface area (Å²) in [4.78, 5) is 25.0. The number of benzene rings is 2. The summed E-state index contributed by atoms with van der Waals surface area (Å²) < 4.78 is 5.44. The molecule has 0 heterocycles. The zero-order valence-corrected chi connectivity index (χ0v) is 16.7. The number of hydrogen-bond acceptors (Lipinski definition) is 3. The number of carbonyl (C=O) groups excluding carboxylic acids is 1. The summed E-state index contributed by atoms with van der Waals surface area (Å²) in [6.07, 6.45) is 2.47. The van der Waals surface area contributed by atoms with Gasteiger partial charge in [-0.05, 0) is 49.4 Å². The van der Waals surface area contributed by atoms with Crippen molar-refractivity contribution in [2.45, 2.75) is 88.5 Å². The normalized spacial score (nSPS) is 13.7. The van der Waals surface area contributed by atoms with Crippen molar-refractivity contribution in [3.63, 3.8) is 0 Å². The van der Waals surface area contributed by atoms with Crippen LogP contribution in [0, 0.1) is 5.41 Å². The van der Waals surface area contributed by atoms with E-state index in [9.17, 15) is 14.7 Å². The Morgan fingerprint density at radius 2 is 1.52 bits per heavy atom. The summed E-state index contributed by atoms with van der Waals surface area (Å²) in [6.45, 7) is 7.83. The Bertz CT molecular complexity index is 814. The molecule has 2 atom stereocenters. The molecule has 2 aromatic rings. The number of carboxylic acids is 1. The van der Waals surface area contributed by atoms with Gasteiger partial charge in [0.1, 0.15) is 0 Å². The van der Waals surface area contributed by atoms with E-state index in [0.29, 0.717) is 18.6 Å². The van der Waals surface area contributed by atoms with Crippen LogP contribution in [0.25, 0.3) is 10.8 Å². The Hall–Kier alpha value is -2.36. The van der Waals surface area contributed by atoms with Crippen molar-refractivity contribution in [1.29, 1.82) is 0 Å². The fourth-order valence-corrected chi connectivity index (χ4v) is 3.44. The van der Waals surface area contributed by atoms with Crippen molar-refractivity contribution >= 4 is 22.7 Å². The predicted molar refractivity (Wildman–Crippen MR) is 135 cm³/mol. The molecule has 2 aromatic carbocycles. The molecule has 0 saturated heterocycles. The van der Waals surface area contributed by atoms with Gasteiger partial charge in [-0.25, -0.2) is 0 Å². The molecule has 2 unspecified atom stereocenters. The van der Waals surface area contributed by atoms with Gasteiger partial charge in [-0.3, -0.25) is 9.59 Å². The lowest BCUT2D eigenvalue weighted by Gasteiger charge is -2.35. The van der Waals surface area contributed by atoms with Gasteiger partial charge in [0.15, 0.2) is 0 Å². The number of fused-ring (bicyclic) bond motifs is 1. The standard InChI is InChI=1S/C23H30O4.4CH4/c1-5-7-14-27-21(26)22(3,6-2)16-23(4,20(24)25)19-13-12-17-10-8-9-11-18(17)15-19;;;;/h8-13,15H,5-7,14,16H2,1-4H3,(H,24,25);4*1H4. The average Bonchev–Trinajstić information content (AvgIpc) is 2.67. The molecule has 178 valence electrons. The van der Waals surface area contributed by atoms with Gasteiger partial charge in [0.25, 0.3) is 0 Å². The highest BCUT2D eigenvalue weighted by Gasteiger charge is 2.45. The first-order valence-electron chi connectivity index (χ1n) is 9.66. The first kappa shape index (κ1) is 33.3. The monoisotopic (exact) mass is 434 g/mol. The van der Waals surface area contributed by atoms with E-state index in [1.54, 1.807) is 6.92 Å². The molecule has 4 heteroatoms. The third-order valence-electron chi connectivity index (χ3n) is 5.61. The molecular weight excluding hydrogens is 388 g/mol. The predicted octanol–water partition coefficient (Wildman–Crippen LogP) is 7.88. The number of aliphatic carboxylic acids is 1. The number of hydrogen-bond donors (Lipinski definition) is 1. The van der Waals surface area contributed by atoms with Crippen LogP contribution in [0.15, 0.2) is 42.5 Å². The summed E-state index contributed by atoms with van der Waals surface area (Å²) in [5.41, 5.74) is -1.33. The quantitative estimate of drug-likeness (QED) is 0.322. The molecule has 0 aromatic heterocycles. The van der Waals surface area contributed by atoms with Gasteiger partial charge in [-0.15, -0.1) is 0 Å². The van der Waals surface area contributed by atoms with Crippen LogP contribution < -0.4 is 0 Å². The zero-order valence-electron chi connectivity index (χ0n) is 16.7. The average molecular weight is 435 g/mol. The number of unbranched alkanes of at least 4 members (excludes halogenated alkanes) is 1. The summed E-state index contributed by atoms with van der Waals surface area (Å²) >= 11 is 0. The third-order valence-corrected chi connectivity index (χ3v) is 5.61. The van der Waals surface area contributed by atoms with Crippen molar-refractivity contribution in [3.05, 3.63) is 48.0 Å². The SMILES string of the molecule is C.C.C.C.CCCCOC(=O)C(C)(CC)CC(C)(C(=O)O)c1ccc2ccccc2c1. The van der Waals surface area contributed by atoms with E-state index >= 15 is 0 Å². The van der Waals surface area contributed by atoms with Crippen LogP contribution in [0.5, 0.6) is 0 Å². The Morgan fingerprint density at radius 3 is 2.03 bits per heavy atom. The van der Waals surface area contributed by atoms with Gasteiger partial charge in [-0.1, -0.05) is 92.4 Å². The summed E-state index contributed by atoms with van der Waals surface area (Å²) in [7, 11) is 0. The molecule has 1 N–H and O–H groups in total. The van der Waals surface area contributed by atoms with Gasteiger partial charge in [0.05, 0.1) is 17.4 Å². The van der Waals surface area contributed by atoms with Crippen LogP contribution in [-0.2, 0) is 19.7 Å². The lowest BCUT2D eigenvalue weighted by atomic mass is 9.68. The Kier molecular flexibility index (Phi) is 14.9. The summed E-state index contributed by atoms with van der Waals surface area (Å²) in [5.74, 6) is -1.24. The van der Waals surface area contributed by atoms with E-state index in [2.05, 4.69) is 0 Å². The molecular formula is C27H46O4. The van der Waals surface area contributed by atoms with E-state index in [-0.39, 0.29) is 42.1 Å². The second kappa shape index (κ2) is 13.8. The zero-order chi connectivity index (χ0) is 20.1. The second-order valence-electron chi connectivity index (χ2n) is 7.78. The van der Waals surface area contributed by atoms with E-state index in [4.69, 9.17) is 4.74 Å². The lowest BCUT2D eigenvalue weighted by molar-refractivity contribution is -0.158. The smallest absolute Gasteiger partial charge is 0.313 e. The van der Waals surface area contributed by atoms with E-state index in [1.165, 1.54) is 0 Å². The van der Waals surface area contributed by atoms with Gasteiger partial charge in [0, 0.05) is 0 Å². The molecule has 0 spiro atoms. The first-order chi connectivity index (χ1) is 12.8. The van der Waals surface area contributed by atoms with E-state index < -0.39 is 16.8 Å². The molecule has 4 nitrogen and oxygen atoms in total. The molecule has 0 fully saturated rings. The number of esters is 1. The van der Waals surface area contributed by atoms with Gasteiger partial charge in [-0.2, -0.15) is 0 Å². The molecule has 0 aliphatic rings. The number of rotatable bonds is 9. The van der Waals surface area contributed by atoms with Crippen LogP contribution in [-0.4, -0.2) is 23.7 Å². The lowest BCUT2D eigenvalue weighted by Crippen LogP contribution is -2.42. The van der Waals surface area contributed by atoms with Crippen LogP contribution in [0.3, 0.4) is 0 Å². The highest BCUT2D eigenvalue weighted by Crippen LogP contribution is 2.41. The highest BCUT2D eigenvalue weighted by molar-refractivity contribution is 5.88. The van der Waals surface area contributed by atoms with Gasteiger partial charge >= 0.3 is 11.9 Å². The maximum absolute atomic E-state index is 12.7. The Morgan fingerprint density at radius 1 is 0.935 bits per heavy atom. The second-order valence-corrected chi connectivity index (χ2v) is 7.78. The molecule has 0 saturated carbocycles. The van der Waals surface area contributed by atoms with Crippen molar-refractivity contribution in [2.24, 2.45) is 5.41 Å². The van der Waals surface area contributed by atoms with Gasteiger partial charge < -0.3 is 9.84 Å². The number of carbonyl (C=O) groups is 2. The minimum Gasteiger partial charge on any atom is -0.481 e. The molecule has 0 bridgehead atoms. The third kappa shape index (κ3) is 7.37. The molecule has 0 amide bonds. The maximum atomic E-state index is 12.7. The van der Waals surface area contributed by atoms with Gasteiger partial charge in [0.2, 0.25) is 0 Å². The first-order valence-corrected chi connectivity index (χ1v) is 9.66. The fourth-order valence-electron chi connectivity index (χ4n) is 3.44. The van der Waals surface area contributed by atoms with Crippen molar-refractivity contribution < 1.29 is 19.4 Å². The number of carboxylic acid groups (broad SMARTS) is 1. The minimum atomic E-state index is -1.18. The highest BCUT2D eigenvalue weighted by atomic mass is 16.5. The van der Waals surface area contributed by atoms with Crippen LogP contribution in [0.1, 0.15) is 88.6 Å². The van der Waals surface area contributed by atoms with Crippen LogP contribution in [0.4, 0.5) is 0 Å². The summed E-state index contributed by atoms with van der Waals surface area (Å²) in [6, 6.07) is 13.6. The minimum absolute atomic E-state index is 0. The molecule has 2 rings (SSSR count). The molecule has 31 heavy (non-hydrogen) atoms. The van der Waals surface area contributed by atoms with Crippen molar-refractivity contribution in [3.8, 4) is 0 Å². The molecule has 0 radical (unpaired) electrons. The Labute approximate surface area is 191 Å². The van der Waals surface area contributed by atoms with E-state index in [0.717, 1.165) is 23.6 Å². The topological polar surface area (TPSA) is 63.6 Å². The summed E-state index contributed by atoms with van der Waals surface area (Å²) in [5, 5.41) is 12.1. The maximum Gasteiger partial charge on any atom is 0.313 e. The van der Waals surface area contributed by atoms with Crippen molar-refractivity contribution in [2.75, 3.05) is 6.61 Å². The fraction of sp³-hybridized carbons (Fsp3) is 0.556. The van der Waals surface area contributed by atoms with E-state index in [1.807, 2.05) is 63.2 Å². The molecule has 0 aliphatic carbocycles.